The number of rotatable bonds is 4. The third kappa shape index (κ3) is 4.77. The molecule has 60 heavy (non-hydrogen) atoms. The van der Waals surface area contributed by atoms with Crippen LogP contribution in [0.4, 0.5) is 0 Å². The molecule has 5 nitrogen and oxygen atoms in total. The Labute approximate surface area is 350 Å². The summed E-state index contributed by atoms with van der Waals surface area (Å²) in [6.45, 7) is 0. The van der Waals surface area contributed by atoms with Gasteiger partial charge in [0.2, 0.25) is 0 Å². The van der Waals surface area contributed by atoms with Gasteiger partial charge in [-0.05, 0) is 76.8 Å². The highest BCUT2D eigenvalue weighted by Gasteiger charge is 2.24. The van der Waals surface area contributed by atoms with E-state index in [2.05, 4.69) is 179 Å². The molecule has 278 valence electrons. The molecule has 13 aromatic rings. The van der Waals surface area contributed by atoms with Gasteiger partial charge in [0, 0.05) is 70.4 Å². The molecular formula is C53H29N5S2. The number of aromatic nitrogens is 4. The lowest BCUT2D eigenvalue weighted by molar-refractivity contribution is 1.12. The molecule has 0 atom stereocenters. The van der Waals surface area contributed by atoms with Crippen LogP contribution in [0.2, 0.25) is 0 Å². The molecule has 0 saturated heterocycles. The second kappa shape index (κ2) is 12.7. The van der Waals surface area contributed by atoms with Crippen molar-refractivity contribution >= 4 is 107 Å². The molecule has 0 radical (unpaired) electrons. The summed E-state index contributed by atoms with van der Waals surface area (Å²) >= 11 is 3.52. The van der Waals surface area contributed by atoms with Crippen LogP contribution < -0.4 is 0 Å². The van der Waals surface area contributed by atoms with E-state index in [1.54, 1.807) is 11.3 Å². The first kappa shape index (κ1) is 33.4. The lowest BCUT2D eigenvalue weighted by atomic mass is 9.99. The van der Waals surface area contributed by atoms with Gasteiger partial charge in [0.1, 0.15) is 4.83 Å². The zero-order valence-corrected chi connectivity index (χ0v) is 33.4. The fraction of sp³-hybridized carbons (Fsp3) is 0. The number of nitrogens with zero attached hydrogens (tertiary/aromatic N) is 5. The first-order chi connectivity index (χ1) is 29.7. The van der Waals surface area contributed by atoms with Gasteiger partial charge in [-0.25, -0.2) is 9.97 Å². The Morgan fingerprint density at radius 3 is 1.98 bits per heavy atom. The van der Waals surface area contributed by atoms with Crippen molar-refractivity contribution in [1.29, 1.82) is 5.26 Å². The van der Waals surface area contributed by atoms with Crippen molar-refractivity contribution in [3.63, 3.8) is 0 Å². The molecule has 5 heterocycles. The van der Waals surface area contributed by atoms with Gasteiger partial charge in [0.25, 0.3) is 0 Å². The van der Waals surface area contributed by atoms with Gasteiger partial charge in [-0.3, -0.25) is 0 Å². The standard InChI is InChI=1S/C53H29N5S2/c54-30-31-26-34(29-36(27-31)58-43-21-8-4-17-39(43)46-37-15-2-3-16-38(37)47-40-18-5-9-22-44(40)59-51(47)50(46)58)49-48-41-19-6-10-23-45(41)60-53(48)56-52(55-49)33-13-11-14-35(28-33)57-25-24-32-12-1-7-20-42(32)57/h1-29H. The molecule has 0 fully saturated rings. The van der Waals surface area contributed by atoms with Crippen molar-refractivity contribution in [2.45, 2.75) is 0 Å². The summed E-state index contributed by atoms with van der Waals surface area (Å²) in [5.41, 5.74) is 8.50. The van der Waals surface area contributed by atoms with E-state index in [-0.39, 0.29) is 0 Å². The number of hydrogen-bond acceptors (Lipinski definition) is 5. The first-order valence-corrected chi connectivity index (χ1v) is 21.5. The van der Waals surface area contributed by atoms with E-state index in [1.807, 2.05) is 23.5 Å². The van der Waals surface area contributed by atoms with Crippen LogP contribution in [0.1, 0.15) is 5.56 Å². The zero-order valence-electron chi connectivity index (χ0n) is 31.8. The summed E-state index contributed by atoms with van der Waals surface area (Å²) < 4.78 is 8.22. The van der Waals surface area contributed by atoms with Crippen LogP contribution in [-0.2, 0) is 0 Å². The molecule has 0 bridgehead atoms. The van der Waals surface area contributed by atoms with Crippen molar-refractivity contribution in [3.05, 3.63) is 182 Å². The van der Waals surface area contributed by atoms with Crippen LogP contribution in [0, 0.1) is 11.3 Å². The van der Waals surface area contributed by atoms with Crippen LogP contribution in [0.5, 0.6) is 0 Å². The quantitative estimate of drug-likeness (QED) is 0.178. The predicted molar refractivity (Wildman–Crippen MR) is 252 cm³/mol. The second-order valence-electron chi connectivity index (χ2n) is 15.3. The summed E-state index contributed by atoms with van der Waals surface area (Å²) in [4.78, 5) is 11.6. The van der Waals surface area contributed by atoms with E-state index in [0.29, 0.717) is 11.4 Å². The van der Waals surface area contributed by atoms with Gasteiger partial charge in [-0.1, -0.05) is 109 Å². The fourth-order valence-corrected chi connectivity index (χ4v) is 11.7. The summed E-state index contributed by atoms with van der Waals surface area (Å²) in [5, 5.41) is 21.4. The fourth-order valence-electron chi connectivity index (χ4n) is 9.40. The summed E-state index contributed by atoms with van der Waals surface area (Å²) in [7, 11) is 0. The van der Waals surface area contributed by atoms with Crippen molar-refractivity contribution < 1.29 is 0 Å². The monoisotopic (exact) mass is 799 g/mol. The van der Waals surface area contributed by atoms with Crippen LogP contribution in [0.25, 0.3) is 118 Å². The third-order valence-electron chi connectivity index (χ3n) is 12.0. The first-order valence-electron chi connectivity index (χ1n) is 19.9. The highest BCUT2D eigenvalue weighted by Crippen LogP contribution is 2.48. The summed E-state index contributed by atoms with van der Waals surface area (Å²) in [6, 6.07) is 62.5. The average Bonchev–Trinajstić information content (AvgIpc) is 4.09. The topological polar surface area (TPSA) is 59.4 Å². The molecule has 5 aromatic heterocycles. The van der Waals surface area contributed by atoms with Gasteiger partial charge >= 0.3 is 0 Å². The number of hydrogen-bond donors (Lipinski definition) is 0. The Balaban J connectivity index is 1.10. The Bertz CT molecular complexity index is 3990. The molecule has 0 aliphatic rings. The summed E-state index contributed by atoms with van der Waals surface area (Å²) in [5.74, 6) is 0.640. The molecule has 0 saturated carbocycles. The van der Waals surface area contributed by atoms with Crippen LogP contribution in [-0.4, -0.2) is 19.1 Å². The van der Waals surface area contributed by atoms with E-state index < -0.39 is 0 Å². The Morgan fingerprint density at radius 1 is 0.500 bits per heavy atom. The molecule has 0 amide bonds. The SMILES string of the molecule is N#Cc1cc(-c2nc(-c3cccc(-n4ccc5ccccc54)c3)nc3sc4ccccc4c23)cc(-n2c3ccccc3c3c4ccccc4c4c5ccccc5sc4c32)c1. The second-order valence-corrected chi connectivity index (χ2v) is 17.4. The highest BCUT2D eigenvalue weighted by molar-refractivity contribution is 7.27. The molecule has 0 aliphatic heterocycles. The van der Waals surface area contributed by atoms with Gasteiger partial charge < -0.3 is 9.13 Å². The highest BCUT2D eigenvalue weighted by atomic mass is 32.1. The smallest absolute Gasteiger partial charge is 0.161 e. The van der Waals surface area contributed by atoms with Crippen molar-refractivity contribution in [1.82, 2.24) is 19.1 Å². The zero-order chi connectivity index (χ0) is 39.5. The lowest BCUT2D eigenvalue weighted by Gasteiger charge is -2.14. The van der Waals surface area contributed by atoms with E-state index in [4.69, 9.17) is 9.97 Å². The van der Waals surface area contributed by atoms with Crippen molar-refractivity contribution in [2.24, 2.45) is 0 Å². The normalized spacial score (nSPS) is 12.0. The molecule has 8 aromatic carbocycles. The predicted octanol–water partition coefficient (Wildman–Crippen LogP) is 14.6. The maximum Gasteiger partial charge on any atom is 0.161 e. The summed E-state index contributed by atoms with van der Waals surface area (Å²) in [6.07, 6.45) is 2.12. The third-order valence-corrected chi connectivity index (χ3v) is 14.2. The number of fused-ring (bicyclic) bond motifs is 14. The van der Waals surface area contributed by atoms with Gasteiger partial charge in [-0.15, -0.1) is 22.7 Å². The molecule has 0 unspecified atom stereocenters. The van der Waals surface area contributed by atoms with Crippen molar-refractivity contribution in [3.8, 4) is 40.1 Å². The number of benzene rings is 8. The molecule has 0 aliphatic carbocycles. The van der Waals surface area contributed by atoms with Crippen LogP contribution in [0.15, 0.2) is 176 Å². The Hall–Kier alpha value is -7.63. The van der Waals surface area contributed by atoms with E-state index >= 15 is 0 Å². The van der Waals surface area contributed by atoms with Gasteiger partial charge in [0.15, 0.2) is 5.82 Å². The van der Waals surface area contributed by atoms with Crippen LogP contribution in [0.3, 0.4) is 0 Å². The lowest BCUT2D eigenvalue weighted by Crippen LogP contribution is -1.99. The molecule has 0 N–H and O–H groups in total. The molecule has 0 spiro atoms. The average molecular weight is 800 g/mol. The maximum atomic E-state index is 10.7. The molecular weight excluding hydrogens is 771 g/mol. The Kier molecular flexibility index (Phi) is 7.05. The maximum absolute atomic E-state index is 10.7. The number of para-hydroxylation sites is 2. The number of thiophene rings is 2. The van der Waals surface area contributed by atoms with Crippen LogP contribution >= 0.6 is 22.7 Å². The Morgan fingerprint density at radius 2 is 1.17 bits per heavy atom. The van der Waals surface area contributed by atoms with E-state index in [0.717, 1.165) is 65.0 Å². The molecule has 7 heteroatoms. The van der Waals surface area contributed by atoms with Gasteiger partial charge in [0.05, 0.1) is 38.6 Å². The van der Waals surface area contributed by atoms with Gasteiger partial charge in [-0.2, -0.15) is 5.26 Å². The minimum Gasteiger partial charge on any atom is -0.317 e. The number of nitriles is 1. The largest absolute Gasteiger partial charge is 0.317 e. The minimum atomic E-state index is 0.566. The molecule has 13 rings (SSSR count). The van der Waals surface area contributed by atoms with E-state index in [9.17, 15) is 5.26 Å². The minimum absolute atomic E-state index is 0.566. The van der Waals surface area contributed by atoms with E-state index in [1.165, 1.54) is 47.1 Å². The van der Waals surface area contributed by atoms with Crippen molar-refractivity contribution in [2.75, 3.05) is 0 Å².